The number of nitrogens with two attached hydrogens (primary N) is 1. The Labute approximate surface area is 103 Å². The maximum atomic E-state index is 9.41. The molecule has 0 saturated heterocycles. The summed E-state index contributed by atoms with van der Waals surface area (Å²) in [6, 6.07) is 6.06. The smallest absolute Gasteiger partial charge is 0.125 e. The summed E-state index contributed by atoms with van der Waals surface area (Å²) in [6.45, 7) is 4.43. The largest absolute Gasteiger partial charge is 0.491 e. The number of aliphatic hydroxyl groups is 1. The highest BCUT2D eigenvalue weighted by atomic mass is 16.5. The van der Waals surface area contributed by atoms with Gasteiger partial charge in [-0.25, -0.2) is 0 Å². The molecular formula is C14H21NO2. The Balaban J connectivity index is 2.06. The van der Waals surface area contributed by atoms with Gasteiger partial charge in [0.1, 0.15) is 12.4 Å². The van der Waals surface area contributed by atoms with Gasteiger partial charge in [0.15, 0.2) is 0 Å². The normalized spacial score (nSPS) is 18.8. The first-order valence-electron chi connectivity index (χ1n) is 6.15. The first kappa shape index (κ1) is 12.4. The van der Waals surface area contributed by atoms with Crippen molar-refractivity contribution in [3.8, 4) is 5.75 Å². The van der Waals surface area contributed by atoms with E-state index in [1.165, 1.54) is 0 Å². The first-order chi connectivity index (χ1) is 8.07. The zero-order valence-corrected chi connectivity index (χ0v) is 10.6. The lowest BCUT2D eigenvalue weighted by Crippen LogP contribution is -2.51. The minimum atomic E-state index is -0.575. The molecular weight excluding hydrogens is 214 g/mol. The molecule has 94 valence electrons. The summed E-state index contributed by atoms with van der Waals surface area (Å²) < 4.78 is 5.84. The predicted octanol–water partition coefficient (Wildman–Crippen LogP) is 1.78. The molecule has 0 bridgehead atoms. The minimum absolute atomic E-state index is 0.0113. The van der Waals surface area contributed by atoms with Crippen molar-refractivity contribution in [3.63, 3.8) is 0 Å². The number of rotatable bonds is 5. The quantitative estimate of drug-likeness (QED) is 0.818. The molecule has 1 unspecified atom stereocenters. The van der Waals surface area contributed by atoms with Gasteiger partial charge in [0.05, 0.1) is 12.1 Å². The molecule has 2 rings (SSSR count). The van der Waals surface area contributed by atoms with E-state index in [1.807, 2.05) is 32.0 Å². The molecule has 1 saturated carbocycles. The van der Waals surface area contributed by atoms with Crippen LogP contribution in [-0.4, -0.2) is 23.9 Å². The van der Waals surface area contributed by atoms with E-state index >= 15 is 0 Å². The van der Waals surface area contributed by atoms with E-state index in [4.69, 9.17) is 10.5 Å². The van der Waals surface area contributed by atoms with Crippen LogP contribution in [0.3, 0.4) is 0 Å². The van der Waals surface area contributed by atoms with Gasteiger partial charge in [-0.2, -0.15) is 0 Å². The third kappa shape index (κ3) is 2.61. The molecule has 1 atom stereocenters. The number of aryl methyl sites for hydroxylation is 2. The molecule has 3 N–H and O–H groups in total. The molecule has 0 heterocycles. The molecule has 0 amide bonds. The number of para-hydroxylation sites is 1. The van der Waals surface area contributed by atoms with Crippen molar-refractivity contribution in [2.24, 2.45) is 11.7 Å². The lowest BCUT2D eigenvalue weighted by molar-refractivity contribution is 0.116. The van der Waals surface area contributed by atoms with Crippen molar-refractivity contribution in [3.05, 3.63) is 29.3 Å². The highest BCUT2D eigenvalue weighted by Crippen LogP contribution is 2.38. The molecule has 0 radical (unpaired) electrons. The maximum absolute atomic E-state index is 9.41. The Morgan fingerprint density at radius 2 is 1.94 bits per heavy atom. The zero-order chi connectivity index (χ0) is 12.5. The van der Waals surface area contributed by atoms with E-state index in [2.05, 4.69) is 0 Å². The second-order valence-corrected chi connectivity index (χ2v) is 5.18. The highest BCUT2D eigenvalue weighted by molar-refractivity contribution is 5.39. The zero-order valence-electron chi connectivity index (χ0n) is 10.6. The van der Waals surface area contributed by atoms with Crippen LogP contribution in [0.15, 0.2) is 18.2 Å². The lowest BCUT2D eigenvalue weighted by Gasteiger charge is -2.27. The Morgan fingerprint density at radius 1 is 1.35 bits per heavy atom. The minimum Gasteiger partial charge on any atom is -0.491 e. The van der Waals surface area contributed by atoms with Crippen LogP contribution in [0, 0.1) is 19.8 Å². The maximum Gasteiger partial charge on any atom is 0.125 e. The van der Waals surface area contributed by atoms with Gasteiger partial charge in [-0.3, -0.25) is 0 Å². The summed E-state index contributed by atoms with van der Waals surface area (Å²) >= 11 is 0. The van der Waals surface area contributed by atoms with E-state index in [0.29, 0.717) is 12.5 Å². The molecule has 1 fully saturated rings. The van der Waals surface area contributed by atoms with Gasteiger partial charge in [-0.1, -0.05) is 18.2 Å². The van der Waals surface area contributed by atoms with Crippen LogP contribution in [-0.2, 0) is 0 Å². The summed E-state index contributed by atoms with van der Waals surface area (Å²) in [5.41, 5.74) is 7.83. The Bertz CT molecular complexity index is 381. The van der Waals surface area contributed by atoms with E-state index in [1.54, 1.807) is 0 Å². The van der Waals surface area contributed by atoms with Crippen molar-refractivity contribution < 1.29 is 9.84 Å². The van der Waals surface area contributed by atoms with E-state index in [0.717, 1.165) is 29.7 Å². The Morgan fingerprint density at radius 3 is 2.41 bits per heavy atom. The van der Waals surface area contributed by atoms with Crippen LogP contribution >= 0.6 is 0 Å². The van der Waals surface area contributed by atoms with Crippen LogP contribution in [0.25, 0.3) is 0 Å². The third-order valence-electron chi connectivity index (χ3n) is 3.58. The van der Waals surface area contributed by atoms with Crippen molar-refractivity contribution in [2.75, 3.05) is 13.2 Å². The van der Waals surface area contributed by atoms with E-state index < -0.39 is 5.54 Å². The molecule has 0 aromatic heterocycles. The van der Waals surface area contributed by atoms with Gasteiger partial charge in [0.25, 0.3) is 0 Å². The van der Waals surface area contributed by atoms with Crippen LogP contribution in [0.4, 0.5) is 0 Å². The van der Waals surface area contributed by atoms with Crippen molar-refractivity contribution in [1.29, 1.82) is 0 Å². The number of aliphatic hydroxyl groups excluding tert-OH is 1. The number of benzene rings is 1. The monoisotopic (exact) mass is 235 g/mol. The summed E-state index contributed by atoms with van der Waals surface area (Å²) in [5, 5.41) is 9.41. The fourth-order valence-corrected chi connectivity index (χ4v) is 2.18. The predicted molar refractivity (Wildman–Crippen MR) is 68.1 cm³/mol. The topological polar surface area (TPSA) is 55.5 Å². The van der Waals surface area contributed by atoms with Gasteiger partial charge in [-0.05, 0) is 43.7 Å². The van der Waals surface area contributed by atoms with Crippen LogP contribution in [0.5, 0.6) is 5.75 Å². The highest BCUT2D eigenvalue weighted by Gasteiger charge is 2.42. The summed E-state index contributed by atoms with van der Waals surface area (Å²) in [5.74, 6) is 1.31. The third-order valence-corrected chi connectivity index (χ3v) is 3.58. The molecule has 1 aliphatic carbocycles. The fraction of sp³-hybridized carbons (Fsp3) is 0.571. The van der Waals surface area contributed by atoms with Crippen molar-refractivity contribution in [1.82, 2.24) is 0 Å². The molecule has 0 aliphatic heterocycles. The van der Waals surface area contributed by atoms with Gasteiger partial charge in [0, 0.05) is 0 Å². The van der Waals surface area contributed by atoms with Gasteiger partial charge >= 0.3 is 0 Å². The fourth-order valence-electron chi connectivity index (χ4n) is 2.18. The standard InChI is InChI=1S/C14H21NO2/c1-10-4-3-5-11(2)13(10)17-9-14(15,8-16)12-6-7-12/h3-5,12,16H,6-9,15H2,1-2H3. The van der Waals surface area contributed by atoms with Gasteiger partial charge in [0.2, 0.25) is 0 Å². The van der Waals surface area contributed by atoms with Crippen molar-refractivity contribution in [2.45, 2.75) is 32.2 Å². The Kier molecular flexibility index (Phi) is 3.40. The molecule has 1 aromatic carbocycles. The summed E-state index contributed by atoms with van der Waals surface area (Å²) in [4.78, 5) is 0. The molecule has 3 heteroatoms. The first-order valence-corrected chi connectivity index (χ1v) is 6.15. The Hall–Kier alpha value is -1.06. The van der Waals surface area contributed by atoms with E-state index in [9.17, 15) is 5.11 Å². The van der Waals surface area contributed by atoms with Crippen LogP contribution in [0.2, 0.25) is 0 Å². The number of hydrogen-bond acceptors (Lipinski definition) is 3. The summed E-state index contributed by atoms with van der Waals surface area (Å²) in [6.07, 6.45) is 2.21. The second kappa shape index (κ2) is 4.67. The van der Waals surface area contributed by atoms with Crippen LogP contribution in [0.1, 0.15) is 24.0 Å². The van der Waals surface area contributed by atoms with Crippen LogP contribution < -0.4 is 10.5 Å². The second-order valence-electron chi connectivity index (χ2n) is 5.18. The molecule has 0 spiro atoms. The van der Waals surface area contributed by atoms with Gasteiger partial charge in [-0.15, -0.1) is 0 Å². The lowest BCUT2D eigenvalue weighted by atomic mass is 9.97. The van der Waals surface area contributed by atoms with E-state index in [-0.39, 0.29) is 6.61 Å². The number of ether oxygens (including phenoxy) is 1. The average molecular weight is 235 g/mol. The SMILES string of the molecule is Cc1cccc(C)c1OCC(N)(CO)C1CC1. The van der Waals surface area contributed by atoms with Gasteiger partial charge < -0.3 is 15.6 Å². The van der Waals surface area contributed by atoms with Crippen molar-refractivity contribution >= 4 is 0 Å². The number of hydrogen-bond donors (Lipinski definition) is 2. The summed E-state index contributed by atoms with van der Waals surface area (Å²) in [7, 11) is 0. The molecule has 17 heavy (non-hydrogen) atoms. The molecule has 3 nitrogen and oxygen atoms in total. The molecule has 1 aromatic rings. The molecule has 1 aliphatic rings. The average Bonchev–Trinajstić information content (AvgIpc) is 3.12.